The van der Waals surface area contributed by atoms with Crippen molar-refractivity contribution < 1.29 is 9.53 Å². The van der Waals surface area contributed by atoms with Crippen LogP contribution in [-0.4, -0.2) is 42.1 Å². The molecule has 1 atom stereocenters. The zero-order valence-corrected chi connectivity index (χ0v) is 11.8. The second kappa shape index (κ2) is 5.67. The number of fused-ring (bicyclic) bond motifs is 1. The Morgan fingerprint density at radius 2 is 2.30 bits per heavy atom. The van der Waals surface area contributed by atoms with Gasteiger partial charge in [0.2, 0.25) is 0 Å². The molecule has 0 bridgehead atoms. The molecular weight excluding hydrogens is 252 g/mol. The molecule has 20 heavy (non-hydrogen) atoms. The highest BCUT2D eigenvalue weighted by Gasteiger charge is 2.19. The summed E-state index contributed by atoms with van der Waals surface area (Å²) in [5.41, 5.74) is 1.72. The molecule has 106 valence electrons. The van der Waals surface area contributed by atoms with E-state index in [1.54, 1.807) is 4.90 Å². The van der Waals surface area contributed by atoms with E-state index >= 15 is 0 Å². The van der Waals surface area contributed by atoms with Crippen LogP contribution in [0.25, 0.3) is 10.9 Å². The fraction of sp³-hybridized carbons (Fsp3) is 0.438. The fourth-order valence-electron chi connectivity index (χ4n) is 2.74. The maximum absolute atomic E-state index is 12.4. The van der Waals surface area contributed by atoms with Crippen molar-refractivity contribution in [2.24, 2.45) is 0 Å². The average molecular weight is 272 g/mol. The normalized spacial score (nSPS) is 19.1. The highest BCUT2D eigenvalue weighted by atomic mass is 16.5. The predicted molar refractivity (Wildman–Crippen MR) is 78.9 cm³/mol. The number of nitrogens with one attached hydrogen (secondary N) is 1. The molecule has 0 radical (unpaired) electrons. The topological polar surface area (TPSA) is 45.3 Å². The summed E-state index contributed by atoms with van der Waals surface area (Å²) in [5.74, 6) is 0.0515. The molecule has 1 N–H and O–H groups in total. The first-order valence-electron chi connectivity index (χ1n) is 7.18. The molecule has 0 saturated carbocycles. The van der Waals surface area contributed by atoms with E-state index in [0.717, 1.165) is 35.9 Å². The number of rotatable bonds is 3. The van der Waals surface area contributed by atoms with Gasteiger partial charge in [-0.15, -0.1) is 0 Å². The first kappa shape index (κ1) is 13.2. The summed E-state index contributed by atoms with van der Waals surface area (Å²) < 4.78 is 5.69. The van der Waals surface area contributed by atoms with Crippen LogP contribution in [0.15, 0.2) is 30.5 Å². The summed E-state index contributed by atoms with van der Waals surface area (Å²) in [5, 5.41) is 1.12. The lowest BCUT2D eigenvalue weighted by Crippen LogP contribution is -2.37. The molecule has 2 aromatic rings. The quantitative estimate of drug-likeness (QED) is 0.933. The van der Waals surface area contributed by atoms with Crippen LogP contribution in [0.3, 0.4) is 0 Å². The Morgan fingerprint density at radius 3 is 3.10 bits per heavy atom. The second-order valence-corrected chi connectivity index (χ2v) is 5.45. The van der Waals surface area contributed by atoms with Gasteiger partial charge in [-0.3, -0.25) is 4.79 Å². The van der Waals surface area contributed by atoms with E-state index < -0.39 is 0 Å². The van der Waals surface area contributed by atoms with Crippen LogP contribution in [0.5, 0.6) is 0 Å². The van der Waals surface area contributed by atoms with E-state index in [9.17, 15) is 4.79 Å². The number of hydrogen-bond acceptors (Lipinski definition) is 2. The fourth-order valence-corrected chi connectivity index (χ4v) is 2.74. The Balaban J connectivity index is 1.70. The summed E-state index contributed by atoms with van der Waals surface area (Å²) in [4.78, 5) is 17.3. The van der Waals surface area contributed by atoms with Gasteiger partial charge >= 0.3 is 0 Å². The Bertz CT molecular complexity index is 599. The molecule has 1 aromatic carbocycles. The number of benzene rings is 1. The van der Waals surface area contributed by atoms with Crippen molar-refractivity contribution in [2.45, 2.75) is 25.4 Å². The Hall–Kier alpha value is -1.81. The van der Waals surface area contributed by atoms with Gasteiger partial charge in [0.05, 0.1) is 6.10 Å². The summed E-state index contributed by atoms with van der Waals surface area (Å²) in [6.45, 7) is 1.49. The van der Waals surface area contributed by atoms with Gasteiger partial charge in [-0.05, 0) is 42.8 Å². The van der Waals surface area contributed by atoms with Gasteiger partial charge in [-0.25, -0.2) is 0 Å². The van der Waals surface area contributed by atoms with Crippen molar-refractivity contribution in [3.8, 4) is 0 Å². The van der Waals surface area contributed by atoms with Crippen LogP contribution in [-0.2, 0) is 4.74 Å². The monoisotopic (exact) mass is 272 g/mol. The lowest BCUT2D eigenvalue weighted by molar-refractivity contribution is -0.000184. The molecule has 0 aliphatic carbocycles. The molecule has 1 aliphatic heterocycles. The van der Waals surface area contributed by atoms with E-state index in [2.05, 4.69) is 4.98 Å². The lowest BCUT2D eigenvalue weighted by atomic mass is 10.1. The molecule has 0 spiro atoms. The number of aromatic nitrogens is 1. The van der Waals surface area contributed by atoms with Crippen LogP contribution in [0.2, 0.25) is 0 Å². The SMILES string of the molecule is CN(CC1CCCCO1)C(=O)c1ccc2cc[nH]c2c1. The van der Waals surface area contributed by atoms with Crippen LogP contribution in [0.4, 0.5) is 0 Å². The smallest absolute Gasteiger partial charge is 0.253 e. The number of aromatic amines is 1. The van der Waals surface area contributed by atoms with E-state index in [4.69, 9.17) is 4.74 Å². The number of amides is 1. The highest BCUT2D eigenvalue weighted by Crippen LogP contribution is 2.17. The average Bonchev–Trinajstić information content (AvgIpc) is 2.94. The van der Waals surface area contributed by atoms with E-state index in [0.29, 0.717) is 6.54 Å². The zero-order chi connectivity index (χ0) is 13.9. The van der Waals surface area contributed by atoms with Gasteiger partial charge in [0, 0.05) is 37.5 Å². The van der Waals surface area contributed by atoms with Crippen LogP contribution in [0.1, 0.15) is 29.6 Å². The third-order valence-corrected chi connectivity index (χ3v) is 3.90. The molecule has 1 saturated heterocycles. The van der Waals surface area contributed by atoms with Gasteiger partial charge in [0.15, 0.2) is 0 Å². The van der Waals surface area contributed by atoms with Gasteiger partial charge in [-0.1, -0.05) is 6.07 Å². The minimum atomic E-state index is 0.0515. The number of hydrogen-bond donors (Lipinski definition) is 1. The molecule has 1 aliphatic rings. The Morgan fingerprint density at radius 1 is 1.40 bits per heavy atom. The number of carbonyl (C=O) groups excluding carboxylic acids is 1. The van der Waals surface area contributed by atoms with Crippen LogP contribution in [0, 0.1) is 0 Å². The van der Waals surface area contributed by atoms with E-state index in [1.165, 1.54) is 6.42 Å². The Labute approximate surface area is 118 Å². The van der Waals surface area contributed by atoms with Crippen molar-refractivity contribution in [3.05, 3.63) is 36.0 Å². The standard InChI is InChI=1S/C16H20N2O2/c1-18(11-14-4-2-3-9-20-14)16(19)13-6-5-12-7-8-17-15(12)10-13/h5-8,10,14,17H,2-4,9,11H2,1H3. The number of nitrogens with zero attached hydrogens (tertiary/aromatic N) is 1. The van der Waals surface area contributed by atoms with Gasteiger partial charge < -0.3 is 14.6 Å². The van der Waals surface area contributed by atoms with Crippen LogP contribution < -0.4 is 0 Å². The van der Waals surface area contributed by atoms with Crippen molar-refractivity contribution in [1.29, 1.82) is 0 Å². The molecule has 4 nitrogen and oxygen atoms in total. The Kier molecular flexibility index (Phi) is 3.74. The van der Waals surface area contributed by atoms with Crippen molar-refractivity contribution >= 4 is 16.8 Å². The number of likely N-dealkylation sites (N-methyl/N-ethyl adjacent to an activating group) is 1. The number of ether oxygens (including phenoxy) is 1. The second-order valence-electron chi connectivity index (χ2n) is 5.45. The van der Waals surface area contributed by atoms with Gasteiger partial charge in [0.25, 0.3) is 5.91 Å². The molecule has 3 rings (SSSR count). The number of H-pyrrole nitrogens is 1. The van der Waals surface area contributed by atoms with Crippen molar-refractivity contribution in [2.75, 3.05) is 20.2 Å². The van der Waals surface area contributed by atoms with Crippen LogP contribution >= 0.6 is 0 Å². The zero-order valence-electron chi connectivity index (χ0n) is 11.8. The molecule has 1 unspecified atom stereocenters. The third-order valence-electron chi connectivity index (χ3n) is 3.90. The maximum Gasteiger partial charge on any atom is 0.253 e. The largest absolute Gasteiger partial charge is 0.376 e. The number of carbonyl (C=O) groups is 1. The van der Waals surface area contributed by atoms with Crippen molar-refractivity contribution in [3.63, 3.8) is 0 Å². The minimum Gasteiger partial charge on any atom is -0.376 e. The highest BCUT2D eigenvalue weighted by molar-refractivity contribution is 5.97. The van der Waals surface area contributed by atoms with Gasteiger partial charge in [-0.2, -0.15) is 0 Å². The van der Waals surface area contributed by atoms with Gasteiger partial charge in [0.1, 0.15) is 0 Å². The third kappa shape index (κ3) is 2.70. The molecule has 1 amide bonds. The maximum atomic E-state index is 12.4. The lowest BCUT2D eigenvalue weighted by Gasteiger charge is -2.27. The van der Waals surface area contributed by atoms with E-state index in [1.807, 2.05) is 37.5 Å². The summed E-state index contributed by atoms with van der Waals surface area (Å²) in [6, 6.07) is 7.78. The summed E-state index contributed by atoms with van der Waals surface area (Å²) in [7, 11) is 1.85. The molecule has 2 heterocycles. The predicted octanol–water partition coefficient (Wildman–Crippen LogP) is 2.81. The summed E-state index contributed by atoms with van der Waals surface area (Å²) >= 11 is 0. The van der Waals surface area contributed by atoms with E-state index in [-0.39, 0.29) is 12.0 Å². The molecule has 1 fully saturated rings. The summed E-state index contributed by atoms with van der Waals surface area (Å²) in [6.07, 6.45) is 5.46. The first-order valence-corrected chi connectivity index (χ1v) is 7.18. The molecule has 1 aromatic heterocycles. The van der Waals surface area contributed by atoms with Crippen molar-refractivity contribution in [1.82, 2.24) is 9.88 Å². The first-order chi connectivity index (χ1) is 9.74. The molecular formula is C16H20N2O2. The minimum absolute atomic E-state index is 0.0515. The molecule has 4 heteroatoms.